The summed E-state index contributed by atoms with van der Waals surface area (Å²) in [7, 11) is 0. The number of amides is 2. The molecule has 0 aromatic carbocycles. The third-order valence-corrected chi connectivity index (χ3v) is 9.03. The number of aromatic amines is 1. The van der Waals surface area contributed by atoms with Crippen LogP contribution >= 0.6 is 58.5 Å². The molecule has 1 fully saturated rings. The van der Waals surface area contributed by atoms with Crippen LogP contribution in [0.2, 0.25) is 10.3 Å². The lowest BCUT2D eigenvalue weighted by atomic mass is 10.0. The summed E-state index contributed by atoms with van der Waals surface area (Å²) in [5, 5.41) is 20.2. The highest BCUT2D eigenvalue weighted by Crippen LogP contribution is 2.40. The molecule has 12 nitrogen and oxygen atoms in total. The predicted octanol–water partition coefficient (Wildman–Crippen LogP) is 2.82. The van der Waals surface area contributed by atoms with Gasteiger partial charge in [0.05, 0.1) is 17.3 Å². The molecule has 5 N–H and O–H groups in total. The molecule has 2 atom stereocenters. The number of H-pyrrole nitrogens is 1. The van der Waals surface area contributed by atoms with Gasteiger partial charge in [-0.25, -0.2) is 19.7 Å². The molecule has 2 aliphatic rings. The SMILES string of the molecule is Nc1nc(SC/C=C/C2=C(C(=O)O)N3C(=O)[C@@H](NC(=O)CSc4cc(Cl)nc(Cl)c4)C3SC2)nc2[nH]ncc12. The Bertz CT molecular complexity index is 1530. The molecule has 17 heteroatoms. The van der Waals surface area contributed by atoms with Crippen LogP contribution in [-0.2, 0) is 14.4 Å². The van der Waals surface area contributed by atoms with Gasteiger partial charge in [-0.05, 0) is 17.7 Å². The summed E-state index contributed by atoms with van der Waals surface area (Å²) in [6, 6.07) is 2.34. The summed E-state index contributed by atoms with van der Waals surface area (Å²) in [5.74, 6) is -0.926. The molecule has 5 heterocycles. The molecule has 0 radical (unpaired) electrons. The van der Waals surface area contributed by atoms with Gasteiger partial charge >= 0.3 is 5.97 Å². The number of aromatic nitrogens is 5. The number of carboxylic acids is 1. The van der Waals surface area contributed by atoms with Crippen molar-refractivity contribution >= 4 is 93.1 Å². The Labute approximate surface area is 243 Å². The van der Waals surface area contributed by atoms with Crippen LogP contribution in [0.25, 0.3) is 11.0 Å². The maximum atomic E-state index is 12.9. The molecule has 2 amide bonds. The number of carbonyl (C=O) groups is 3. The lowest BCUT2D eigenvalue weighted by Crippen LogP contribution is -2.70. The van der Waals surface area contributed by atoms with Crippen molar-refractivity contribution < 1.29 is 19.5 Å². The maximum absolute atomic E-state index is 12.9. The number of hydrogen-bond donors (Lipinski definition) is 4. The van der Waals surface area contributed by atoms with Crippen LogP contribution in [0.4, 0.5) is 5.82 Å². The Morgan fingerprint density at radius 3 is 2.77 bits per heavy atom. The predicted molar refractivity (Wildman–Crippen MR) is 151 cm³/mol. The number of nitrogen functional groups attached to an aromatic ring is 1. The number of rotatable bonds is 9. The number of aliphatic carboxylic acids is 1. The summed E-state index contributed by atoms with van der Waals surface area (Å²) in [5.41, 5.74) is 6.85. The van der Waals surface area contributed by atoms with Crippen molar-refractivity contribution in [3.05, 3.63) is 52.1 Å². The molecule has 0 aliphatic carbocycles. The highest BCUT2D eigenvalue weighted by Gasteiger charge is 2.53. The first-order chi connectivity index (χ1) is 18.7. The number of carboxylic acid groups (broad SMARTS) is 1. The van der Waals surface area contributed by atoms with E-state index in [0.29, 0.717) is 44.0 Å². The Kier molecular flexibility index (Phi) is 8.23. The summed E-state index contributed by atoms with van der Waals surface area (Å²) < 4.78 is 0. The third kappa shape index (κ3) is 5.96. The molecule has 3 aromatic heterocycles. The lowest BCUT2D eigenvalue weighted by Gasteiger charge is -2.49. The minimum Gasteiger partial charge on any atom is -0.477 e. The van der Waals surface area contributed by atoms with Gasteiger partial charge in [-0.3, -0.25) is 19.6 Å². The van der Waals surface area contributed by atoms with Crippen LogP contribution in [-0.4, -0.2) is 81.6 Å². The fourth-order valence-corrected chi connectivity index (χ4v) is 7.21. The number of thioether (sulfide) groups is 3. The second kappa shape index (κ2) is 11.6. The van der Waals surface area contributed by atoms with Gasteiger partial charge < -0.3 is 16.2 Å². The van der Waals surface area contributed by atoms with Crippen molar-refractivity contribution in [2.75, 3.05) is 23.0 Å². The summed E-state index contributed by atoms with van der Waals surface area (Å²) in [6.45, 7) is 0. The van der Waals surface area contributed by atoms with E-state index in [0.717, 1.165) is 0 Å². The fraction of sp³-hybridized carbons (Fsp3) is 0.227. The van der Waals surface area contributed by atoms with Gasteiger partial charge in [0.2, 0.25) is 5.91 Å². The Morgan fingerprint density at radius 2 is 2.03 bits per heavy atom. The number of anilines is 1. The number of allylic oxidation sites excluding steroid dienone is 1. The van der Waals surface area contributed by atoms with Gasteiger partial charge in [0, 0.05) is 16.4 Å². The zero-order valence-corrected chi connectivity index (χ0v) is 23.6. The fourth-order valence-electron chi connectivity index (χ4n) is 3.87. The van der Waals surface area contributed by atoms with Crippen molar-refractivity contribution in [2.45, 2.75) is 21.5 Å². The molecular weight excluding hydrogens is 607 g/mol. The first-order valence-corrected chi connectivity index (χ1v) is 14.9. The third-order valence-electron chi connectivity index (χ3n) is 5.57. The zero-order valence-electron chi connectivity index (χ0n) is 19.6. The minimum atomic E-state index is -1.21. The first-order valence-electron chi connectivity index (χ1n) is 11.1. The molecule has 39 heavy (non-hydrogen) atoms. The number of nitrogens with two attached hydrogens (primary N) is 1. The Morgan fingerprint density at radius 1 is 1.26 bits per heavy atom. The largest absolute Gasteiger partial charge is 0.477 e. The van der Waals surface area contributed by atoms with Gasteiger partial charge in [0.15, 0.2) is 10.8 Å². The second-order valence-corrected chi connectivity index (χ2v) is 12.0. The molecule has 1 saturated heterocycles. The molecule has 202 valence electrons. The summed E-state index contributed by atoms with van der Waals surface area (Å²) >= 11 is 15.7. The van der Waals surface area contributed by atoms with Gasteiger partial charge in [-0.1, -0.05) is 47.1 Å². The number of β-lactam (4-membered cyclic amide) rings is 1. The van der Waals surface area contributed by atoms with Gasteiger partial charge in [-0.2, -0.15) is 5.10 Å². The number of halogens is 2. The molecular formula is C22H18Cl2N8O4S3. The summed E-state index contributed by atoms with van der Waals surface area (Å²) in [4.78, 5) is 51.8. The molecule has 3 aromatic rings. The topological polar surface area (TPSA) is 180 Å². The van der Waals surface area contributed by atoms with E-state index in [1.54, 1.807) is 30.5 Å². The van der Waals surface area contributed by atoms with Gasteiger partial charge in [-0.15, -0.1) is 23.5 Å². The van der Waals surface area contributed by atoms with E-state index in [1.165, 1.54) is 40.2 Å². The number of nitrogens with zero attached hydrogens (tertiary/aromatic N) is 5. The molecule has 1 unspecified atom stereocenters. The molecule has 0 spiro atoms. The molecule has 5 rings (SSSR count). The quantitative estimate of drug-likeness (QED) is 0.118. The highest BCUT2D eigenvalue weighted by molar-refractivity contribution is 8.00. The van der Waals surface area contributed by atoms with E-state index in [4.69, 9.17) is 28.9 Å². The van der Waals surface area contributed by atoms with Crippen molar-refractivity contribution in [3.8, 4) is 0 Å². The van der Waals surface area contributed by atoms with E-state index < -0.39 is 23.3 Å². The van der Waals surface area contributed by atoms with Crippen LogP contribution in [0.5, 0.6) is 0 Å². The minimum absolute atomic E-state index is 0.0216. The number of pyridine rings is 1. The average Bonchev–Trinajstić information content (AvgIpc) is 3.37. The van der Waals surface area contributed by atoms with Crippen LogP contribution in [0.1, 0.15) is 0 Å². The van der Waals surface area contributed by atoms with Gasteiger partial charge in [0.25, 0.3) is 5.91 Å². The normalized spacial score (nSPS) is 18.9. The Balaban J connectivity index is 1.19. The molecule has 2 aliphatic heterocycles. The summed E-state index contributed by atoms with van der Waals surface area (Å²) in [6.07, 6.45) is 5.01. The Hall–Kier alpha value is -2.98. The average molecular weight is 626 g/mol. The number of fused-ring (bicyclic) bond motifs is 2. The van der Waals surface area contributed by atoms with Crippen LogP contribution in [0.3, 0.4) is 0 Å². The standard InChI is InChI=1S/C22H18Cl2N8O4S3/c23-12-4-10(5-13(24)27-12)38-8-14(33)28-15-19(34)32-16(21(35)36)9(7-39-20(15)32)2-1-3-37-22-29-17(25)11-6-26-31-18(11)30-22/h1-2,4-6,15,20H,3,7-8H2,(H,28,33)(H,35,36)(H3,25,26,29,30,31)/b2-1+/t15-,20?/m1/s1. The van der Waals surface area contributed by atoms with Crippen molar-refractivity contribution in [2.24, 2.45) is 0 Å². The monoisotopic (exact) mass is 624 g/mol. The van der Waals surface area contributed by atoms with Crippen LogP contribution < -0.4 is 11.1 Å². The number of carbonyl (C=O) groups excluding carboxylic acids is 2. The maximum Gasteiger partial charge on any atom is 0.352 e. The number of hydrogen-bond acceptors (Lipinski definition) is 11. The van der Waals surface area contributed by atoms with E-state index in [2.05, 4.69) is 30.5 Å². The van der Waals surface area contributed by atoms with E-state index >= 15 is 0 Å². The second-order valence-electron chi connectivity index (χ2n) is 8.11. The van der Waals surface area contributed by atoms with Crippen molar-refractivity contribution in [1.82, 2.24) is 35.4 Å². The van der Waals surface area contributed by atoms with Crippen molar-refractivity contribution in [1.29, 1.82) is 0 Å². The van der Waals surface area contributed by atoms with Gasteiger partial charge in [0.1, 0.15) is 33.2 Å². The number of nitrogens with one attached hydrogen (secondary N) is 2. The zero-order chi connectivity index (χ0) is 27.7. The van der Waals surface area contributed by atoms with Crippen LogP contribution in [0, 0.1) is 0 Å². The molecule has 0 bridgehead atoms. The smallest absolute Gasteiger partial charge is 0.352 e. The first kappa shape index (κ1) is 27.6. The van der Waals surface area contributed by atoms with E-state index in [-0.39, 0.29) is 27.7 Å². The molecule has 0 saturated carbocycles. The highest BCUT2D eigenvalue weighted by atomic mass is 35.5. The lowest BCUT2D eigenvalue weighted by molar-refractivity contribution is -0.150. The van der Waals surface area contributed by atoms with Crippen molar-refractivity contribution in [3.63, 3.8) is 0 Å². The van der Waals surface area contributed by atoms with E-state index in [9.17, 15) is 19.5 Å². The van der Waals surface area contributed by atoms with Crippen LogP contribution in [0.15, 0.2) is 51.8 Å². The van der Waals surface area contributed by atoms with E-state index in [1.807, 2.05) is 0 Å².